The summed E-state index contributed by atoms with van der Waals surface area (Å²) < 4.78 is 22.2. The smallest absolute Gasteiger partial charge is 0.214 e. The fraction of sp³-hybridized carbons (Fsp3) is 0.333. The lowest BCUT2D eigenvalue weighted by molar-refractivity contribution is 0.570. The molecule has 1 aromatic rings. The summed E-state index contributed by atoms with van der Waals surface area (Å²) in [6, 6.07) is 6.34. The lowest BCUT2D eigenvalue weighted by Gasteiger charge is -2.14. The van der Waals surface area contributed by atoms with E-state index in [1.165, 1.54) is 26.1 Å². The van der Waals surface area contributed by atoms with Crippen molar-refractivity contribution in [3.05, 3.63) is 24.4 Å². The van der Waals surface area contributed by atoms with Crippen molar-refractivity contribution >= 4 is 9.84 Å². The molecule has 0 amide bonds. The fourth-order valence-electron chi connectivity index (χ4n) is 0.828. The van der Waals surface area contributed by atoms with Crippen LogP contribution in [-0.4, -0.2) is 18.1 Å². The van der Waals surface area contributed by atoms with Gasteiger partial charge in [-0.25, -0.2) is 13.4 Å². The van der Waals surface area contributed by atoms with E-state index in [0.29, 0.717) is 0 Å². The highest BCUT2D eigenvalue weighted by Crippen LogP contribution is 2.22. The molecule has 0 radical (unpaired) electrons. The van der Waals surface area contributed by atoms with Crippen LogP contribution in [0.15, 0.2) is 29.4 Å². The van der Waals surface area contributed by atoms with Crippen molar-refractivity contribution in [3.8, 4) is 6.07 Å². The highest BCUT2D eigenvalue weighted by Gasteiger charge is 2.36. The van der Waals surface area contributed by atoms with Crippen LogP contribution >= 0.6 is 0 Å². The van der Waals surface area contributed by atoms with Gasteiger partial charge >= 0.3 is 0 Å². The third kappa shape index (κ3) is 1.61. The Morgan fingerprint density at radius 3 is 2.50 bits per heavy atom. The van der Waals surface area contributed by atoms with E-state index in [2.05, 4.69) is 4.98 Å². The van der Waals surface area contributed by atoms with Gasteiger partial charge in [-0.15, -0.1) is 0 Å². The number of hydrogen-bond acceptors (Lipinski definition) is 4. The number of nitrogens with zero attached hydrogens (tertiary/aromatic N) is 2. The van der Waals surface area contributed by atoms with Gasteiger partial charge in [-0.1, -0.05) is 6.07 Å². The van der Waals surface area contributed by atoms with E-state index in [4.69, 9.17) is 5.26 Å². The number of nitriles is 1. The van der Waals surface area contributed by atoms with Crippen LogP contribution in [0.4, 0.5) is 0 Å². The number of rotatable bonds is 2. The average molecular weight is 210 g/mol. The predicted molar refractivity (Wildman–Crippen MR) is 51.1 cm³/mol. The molecule has 0 unspecified atom stereocenters. The van der Waals surface area contributed by atoms with Crippen molar-refractivity contribution in [1.29, 1.82) is 5.26 Å². The van der Waals surface area contributed by atoms with Gasteiger partial charge in [0.1, 0.15) is 0 Å². The predicted octanol–water partition coefficient (Wildman–Crippen LogP) is 1.16. The molecule has 74 valence electrons. The zero-order valence-corrected chi connectivity index (χ0v) is 8.75. The van der Waals surface area contributed by atoms with Crippen molar-refractivity contribution in [2.24, 2.45) is 0 Å². The lowest BCUT2D eigenvalue weighted by atomic mass is 10.2. The van der Waals surface area contributed by atoms with Gasteiger partial charge in [0.15, 0.2) is 9.77 Å². The number of aromatic nitrogens is 1. The number of pyridine rings is 1. The summed E-state index contributed by atoms with van der Waals surface area (Å²) >= 11 is 0. The van der Waals surface area contributed by atoms with Crippen molar-refractivity contribution < 1.29 is 8.42 Å². The van der Waals surface area contributed by atoms with Crippen LogP contribution in [0.2, 0.25) is 0 Å². The first-order chi connectivity index (χ1) is 6.42. The lowest BCUT2D eigenvalue weighted by Crippen LogP contribution is -2.30. The summed E-state index contributed by atoms with van der Waals surface area (Å²) in [7, 11) is -3.66. The molecule has 0 saturated heterocycles. The molecule has 0 aromatic carbocycles. The molecule has 1 aromatic heterocycles. The maximum Gasteiger partial charge on any atom is 0.214 e. The highest BCUT2D eigenvalue weighted by atomic mass is 32.2. The maximum absolute atomic E-state index is 11.8. The van der Waals surface area contributed by atoms with Crippen molar-refractivity contribution in [3.63, 3.8) is 0 Å². The molecule has 0 aliphatic rings. The summed E-state index contributed by atoms with van der Waals surface area (Å²) in [5, 5.41) is 8.67. The zero-order valence-electron chi connectivity index (χ0n) is 7.93. The molecule has 5 heteroatoms. The molecule has 0 atom stereocenters. The maximum atomic E-state index is 11.8. The molecule has 4 nitrogen and oxygen atoms in total. The van der Waals surface area contributed by atoms with Crippen molar-refractivity contribution in [2.45, 2.75) is 23.6 Å². The Bertz CT molecular complexity index is 457. The first-order valence-electron chi connectivity index (χ1n) is 3.99. The third-order valence-electron chi connectivity index (χ3n) is 1.85. The minimum Gasteiger partial charge on any atom is -0.245 e. The van der Waals surface area contributed by atoms with Gasteiger partial charge in [-0.3, -0.25) is 0 Å². The molecule has 0 aliphatic carbocycles. The van der Waals surface area contributed by atoms with Gasteiger partial charge in [-0.2, -0.15) is 5.26 Å². The van der Waals surface area contributed by atoms with Crippen molar-refractivity contribution in [1.82, 2.24) is 4.98 Å². The number of sulfone groups is 1. The first-order valence-corrected chi connectivity index (χ1v) is 5.47. The molecule has 1 heterocycles. The molecule has 0 spiro atoms. The average Bonchev–Trinajstić information content (AvgIpc) is 2.19. The fourth-order valence-corrected chi connectivity index (χ4v) is 1.93. The molecule has 0 fully saturated rings. The minimum atomic E-state index is -3.66. The van der Waals surface area contributed by atoms with Gasteiger partial charge in [0.05, 0.1) is 6.07 Å². The topological polar surface area (TPSA) is 70.8 Å². The Hall–Kier alpha value is -1.41. The Morgan fingerprint density at radius 2 is 2.07 bits per heavy atom. The second-order valence-corrected chi connectivity index (χ2v) is 5.74. The molecule has 0 N–H and O–H groups in total. The SMILES string of the molecule is CC(C)(C#N)S(=O)(=O)c1ccccn1. The Balaban J connectivity index is 3.32. The van der Waals surface area contributed by atoms with Crippen LogP contribution in [-0.2, 0) is 9.84 Å². The van der Waals surface area contributed by atoms with Gasteiger partial charge in [0.2, 0.25) is 9.84 Å². The summed E-state index contributed by atoms with van der Waals surface area (Å²) in [4.78, 5) is 3.73. The monoisotopic (exact) mass is 210 g/mol. The third-order valence-corrected chi connectivity index (χ3v) is 4.08. The quantitative estimate of drug-likeness (QED) is 0.734. The largest absolute Gasteiger partial charge is 0.245 e. The van der Waals surface area contributed by atoms with Gasteiger partial charge in [0, 0.05) is 6.20 Å². The van der Waals surface area contributed by atoms with E-state index in [-0.39, 0.29) is 5.03 Å². The normalized spacial score (nSPS) is 12.1. The van der Waals surface area contributed by atoms with Crippen LogP contribution in [0, 0.1) is 11.3 Å². The second-order valence-electron chi connectivity index (χ2n) is 3.29. The summed E-state index contributed by atoms with van der Waals surface area (Å²) in [6.07, 6.45) is 1.39. The van der Waals surface area contributed by atoms with E-state index in [0.717, 1.165) is 0 Å². The van der Waals surface area contributed by atoms with Crippen molar-refractivity contribution in [2.75, 3.05) is 0 Å². The molecule has 0 saturated carbocycles. The zero-order chi connectivity index (χ0) is 10.8. The van der Waals surface area contributed by atoms with E-state index < -0.39 is 14.6 Å². The van der Waals surface area contributed by atoms with Crippen LogP contribution in [0.1, 0.15) is 13.8 Å². The minimum absolute atomic E-state index is 0.0634. The van der Waals surface area contributed by atoms with Crippen LogP contribution in [0.5, 0.6) is 0 Å². The summed E-state index contributed by atoms with van der Waals surface area (Å²) in [6.45, 7) is 2.72. The van der Waals surface area contributed by atoms with E-state index in [9.17, 15) is 8.42 Å². The Morgan fingerprint density at radius 1 is 1.43 bits per heavy atom. The van der Waals surface area contributed by atoms with E-state index in [1.807, 2.05) is 0 Å². The van der Waals surface area contributed by atoms with Crippen LogP contribution < -0.4 is 0 Å². The Kier molecular flexibility index (Phi) is 2.58. The molecule has 14 heavy (non-hydrogen) atoms. The first kappa shape index (κ1) is 10.7. The molecule has 0 bridgehead atoms. The summed E-state index contributed by atoms with van der Waals surface area (Å²) in [5.41, 5.74) is 0. The van der Waals surface area contributed by atoms with Crippen LogP contribution in [0.25, 0.3) is 0 Å². The van der Waals surface area contributed by atoms with Gasteiger partial charge in [-0.05, 0) is 26.0 Å². The van der Waals surface area contributed by atoms with Gasteiger partial charge < -0.3 is 0 Å². The molecule has 1 rings (SSSR count). The van der Waals surface area contributed by atoms with E-state index in [1.54, 1.807) is 18.2 Å². The molecular weight excluding hydrogens is 200 g/mol. The van der Waals surface area contributed by atoms with E-state index >= 15 is 0 Å². The standard InChI is InChI=1S/C9H10N2O2S/c1-9(2,7-10)14(12,13)8-5-3-4-6-11-8/h3-6H,1-2H3. The molecular formula is C9H10N2O2S. The summed E-state index contributed by atoms with van der Waals surface area (Å²) in [5.74, 6) is 0. The molecule has 0 aliphatic heterocycles. The second kappa shape index (κ2) is 3.39. The van der Waals surface area contributed by atoms with Gasteiger partial charge in [0.25, 0.3) is 0 Å². The Labute approximate surface area is 83.1 Å². The number of hydrogen-bond donors (Lipinski definition) is 0. The van der Waals surface area contributed by atoms with Crippen LogP contribution in [0.3, 0.4) is 0 Å². The highest BCUT2D eigenvalue weighted by molar-refractivity contribution is 7.93.